The van der Waals surface area contributed by atoms with Gasteiger partial charge in [-0.05, 0) is 30.5 Å². The molecule has 0 radical (unpaired) electrons. The molecule has 1 heterocycles. The quantitative estimate of drug-likeness (QED) is 0.499. The molecule has 3 unspecified atom stereocenters. The number of amidine groups is 1. The van der Waals surface area contributed by atoms with Gasteiger partial charge in [-0.15, -0.1) is 0 Å². The fourth-order valence-corrected chi connectivity index (χ4v) is 3.64. The van der Waals surface area contributed by atoms with E-state index >= 15 is 0 Å². The Morgan fingerprint density at radius 1 is 0.967 bits per heavy atom. The Hall–Kier alpha value is -3.11. The lowest BCUT2D eigenvalue weighted by molar-refractivity contribution is 0.0377. The van der Waals surface area contributed by atoms with Crippen LogP contribution in [0.1, 0.15) is 54.8 Å². The van der Waals surface area contributed by atoms with Crippen molar-refractivity contribution in [2.45, 2.75) is 39.5 Å². The van der Waals surface area contributed by atoms with E-state index in [2.05, 4.69) is 80.1 Å². The molecule has 0 saturated heterocycles. The molecule has 0 spiro atoms. The van der Waals surface area contributed by atoms with Crippen molar-refractivity contribution in [3.8, 4) is 0 Å². The average Bonchev–Trinajstić information content (AvgIpc) is 3.29. The summed E-state index contributed by atoms with van der Waals surface area (Å²) in [6, 6.07) is 27.5. The Kier molecular flexibility index (Phi) is 6.15. The molecule has 4 rings (SSSR count). The molecule has 154 valence electrons. The predicted molar refractivity (Wildman–Crippen MR) is 123 cm³/mol. The first-order chi connectivity index (χ1) is 14.6. The average molecular weight is 400 g/mol. The summed E-state index contributed by atoms with van der Waals surface area (Å²) in [5.41, 5.74) is 8.73. The van der Waals surface area contributed by atoms with Crippen LogP contribution in [0.4, 0.5) is 5.69 Å². The lowest BCUT2D eigenvalue weighted by atomic mass is 9.91. The maximum absolute atomic E-state index is 5.66. The van der Waals surface area contributed by atoms with Crippen LogP contribution in [0.25, 0.3) is 0 Å². The van der Waals surface area contributed by atoms with Crippen molar-refractivity contribution < 1.29 is 4.84 Å². The highest BCUT2D eigenvalue weighted by atomic mass is 16.7. The molecule has 0 fully saturated rings. The van der Waals surface area contributed by atoms with E-state index in [9.17, 15) is 0 Å². The molecular weight excluding hydrogens is 370 g/mol. The monoisotopic (exact) mass is 399 g/mol. The van der Waals surface area contributed by atoms with Crippen molar-refractivity contribution in [1.82, 2.24) is 5.48 Å². The smallest absolute Gasteiger partial charge is 0.202 e. The number of rotatable bonds is 7. The van der Waals surface area contributed by atoms with Gasteiger partial charge in [0, 0.05) is 16.8 Å². The fraction of sp³-hybridized carbons (Fsp3) is 0.269. The molecule has 4 nitrogen and oxygen atoms in total. The minimum Gasteiger partial charge on any atom is -0.378 e. The number of benzene rings is 3. The van der Waals surface area contributed by atoms with Gasteiger partial charge in [0.1, 0.15) is 0 Å². The van der Waals surface area contributed by atoms with E-state index in [4.69, 9.17) is 9.83 Å². The molecule has 0 amide bonds. The molecular formula is C26H29N3O. The van der Waals surface area contributed by atoms with E-state index in [0.717, 1.165) is 29.1 Å². The number of anilines is 1. The predicted octanol–water partition coefficient (Wildman–Crippen LogP) is 6.17. The van der Waals surface area contributed by atoms with E-state index in [1.165, 1.54) is 11.1 Å². The summed E-state index contributed by atoms with van der Waals surface area (Å²) in [6.07, 6.45) is 0.795. The maximum atomic E-state index is 5.66. The van der Waals surface area contributed by atoms with Gasteiger partial charge in [0.25, 0.3) is 0 Å². The normalized spacial score (nSPS) is 17.7. The number of aryl methyl sites for hydroxylation is 1. The standard InChI is InChI=1S/C26H29N3O/c1-4-19(3)24(27-23-16-10-18(2)11-17-23)20-12-14-21(15-13-20)25-28-26(30-29-25)22-8-6-5-7-9-22/h5-17,19,24,26-27H,4H2,1-3H3,(H,28,29). The van der Waals surface area contributed by atoms with Crippen molar-refractivity contribution >= 4 is 11.5 Å². The summed E-state index contributed by atoms with van der Waals surface area (Å²) in [6.45, 7) is 6.64. The Morgan fingerprint density at radius 3 is 2.33 bits per heavy atom. The van der Waals surface area contributed by atoms with Crippen molar-refractivity contribution in [2.75, 3.05) is 5.32 Å². The van der Waals surface area contributed by atoms with E-state index in [1.807, 2.05) is 30.3 Å². The molecule has 3 atom stereocenters. The summed E-state index contributed by atoms with van der Waals surface area (Å²) < 4.78 is 0. The minimum atomic E-state index is -0.308. The molecule has 2 N–H and O–H groups in total. The van der Waals surface area contributed by atoms with Crippen LogP contribution in [0, 0.1) is 12.8 Å². The van der Waals surface area contributed by atoms with Gasteiger partial charge in [-0.3, -0.25) is 0 Å². The van der Waals surface area contributed by atoms with Gasteiger partial charge in [0.15, 0.2) is 5.84 Å². The minimum absolute atomic E-state index is 0.249. The lowest BCUT2D eigenvalue weighted by Crippen LogP contribution is -2.20. The molecule has 1 aliphatic rings. The van der Waals surface area contributed by atoms with Crippen molar-refractivity contribution in [3.05, 3.63) is 101 Å². The first-order valence-electron chi connectivity index (χ1n) is 10.6. The highest BCUT2D eigenvalue weighted by Gasteiger charge is 2.22. The van der Waals surface area contributed by atoms with Crippen LogP contribution in [0.15, 0.2) is 83.9 Å². The first kappa shape index (κ1) is 20.2. The summed E-state index contributed by atoms with van der Waals surface area (Å²) in [5, 5.41) is 3.72. The molecule has 3 aromatic carbocycles. The van der Waals surface area contributed by atoms with E-state index in [1.54, 1.807) is 0 Å². The number of nitrogens with one attached hydrogen (secondary N) is 2. The molecule has 30 heavy (non-hydrogen) atoms. The molecule has 0 bridgehead atoms. The van der Waals surface area contributed by atoms with Gasteiger partial charge in [-0.2, -0.15) is 0 Å². The molecule has 0 saturated carbocycles. The van der Waals surface area contributed by atoms with Crippen molar-refractivity contribution in [2.24, 2.45) is 10.9 Å². The zero-order valence-corrected chi connectivity index (χ0v) is 17.8. The zero-order chi connectivity index (χ0) is 20.9. The first-order valence-corrected chi connectivity index (χ1v) is 10.6. The summed E-state index contributed by atoms with van der Waals surface area (Å²) >= 11 is 0. The largest absolute Gasteiger partial charge is 0.378 e. The van der Waals surface area contributed by atoms with Gasteiger partial charge < -0.3 is 5.32 Å². The number of hydrogen-bond donors (Lipinski definition) is 2. The molecule has 0 aliphatic carbocycles. The van der Waals surface area contributed by atoms with Gasteiger partial charge in [-0.25, -0.2) is 15.3 Å². The lowest BCUT2D eigenvalue weighted by Gasteiger charge is -2.26. The number of aliphatic imine (C=N–C) groups is 1. The molecule has 0 aromatic heterocycles. The maximum Gasteiger partial charge on any atom is 0.202 e. The van der Waals surface area contributed by atoms with Gasteiger partial charge in [0.05, 0.1) is 6.04 Å². The third-order valence-electron chi connectivity index (χ3n) is 5.73. The Morgan fingerprint density at radius 2 is 1.67 bits per heavy atom. The van der Waals surface area contributed by atoms with E-state index < -0.39 is 0 Å². The van der Waals surface area contributed by atoms with Crippen LogP contribution in [0.3, 0.4) is 0 Å². The van der Waals surface area contributed by atoms with E-state index in [0.29, 0.717) is 5.92 Å². The third-order valence-corrected chi connectivity index (χ3v) is 5.73. The third kappa shape index (κ3) is 4.55. The summed E-state index contributed by atoms with van der Waals surface area (Å²) in [4.78, 5) is 10.4. The van der Waals surface area contributed by atoms with E-state index in [-0.39, 0.29) is 12.3 Å². The zero-order valence-electron chi connectivity index (χ0n) is 17.8. The van der Waals surface area contributed by atoms with Crippen LogP contribution < -0.4 is 10.8 Å². The molecule has 4 heteroatoms. The second kappa shape index (κ2) is 9.14. The number of hydroxylamine groups is 1. The second-order valence-electron chi connectivity index (χ2n) is 7.96. The SMILES string of the molecule is CCC(C)C(Nc1ccc(C)cc1)c1ccc(C2=NC(c3ccccc3)ON2)cc1. The summed E-state index contributed by atoms with van der Waals surface area (Å²) in [7, 11) is 0. The topological polar surface area (TPSA) is 45.7 Å². The highest BCUT2D eigenvalue weighted by molar-refractivity contribution is 5.98. The van der Waals surface area contributed by atoms with Gasteiger partial charge in [0.2, 0.25) is 6.23 Å². The van der Waals surface area contributed by atoms with Gasteiger partial charge in [-0.1, -0.05) is 92.6 Å². The van der Waals surface area contributed by atoms with Gasteiger partial charge >= 0.3 is 0 Å². The van der Waals surface area contributed by atoms with Crippen LogP contribution in [-0.4, -0.2) is 5.84 Å². The Balaban J connectivity index is 1.52. The van der Waals surface area contributed by atoms with Crippen molar-refractivity contribution in [3.63, 3.8) is 0 Å². The van der Waals surface area contributed by atoms with Crippen LogP contribution in [-0.2, 0) is 4.84 Å². The Labute approximate surface area is 179 Å². The molecule has 3 aromatic rings. The highest BCUT2D eigenvalue weighted by Crippen LogP contribution is 2.30. The van der Waals surface area contributed by atoms with Crippen LogP contribution in [0.5, 0.6) is 0 Å². The fourth-order valence-electron chi connectivity index (χ4n) is 3.64. The van der Waals surface area contributed by atoms with Crippen LogP contribution >= 0.6 is 0 Å². The van der Waals surface area contributed by atoms with Crippen LogP contribution in [0.2, 0.25) is 0 Å². The second-order valence-corrected chi connectivity index (χ2v) is 7.96. The Bertz CT molecular complexity index is 981. The van der Waals surface area contributed by atoms with Crippen molar-refractivity contribution in [1.29, 1.82) is 0 Å². The number of nitrogens with zero attached hydrogens (tertiary/aromatic N) is 1. The summed E-state index contributed by atoms with van der Waals surface area (Å²) in [5.74, 6) is 1.27. The number of hydrogen-bond acceptors (Lipinski definition) is 4. The molecule has 1 aliphatic heterocycles.